The Morgan fingerprint density at radius 3 is 2.44 bits per heavy atom. The van der Waals surface area contributed by atoms with E-state index >= 15 is 0 Å². The van der Waals surface area contributed by atoms with Gasteiger partial charge in [-0.05, 0) is 51.5 Å². The monoisotopic (exact) mass is 537 g/mol. The number of hydrogen-bond acceptors (Lipinski definition) is 6. The van der Waals surface area contributed by atoms with Crippen molar-refractivity contribution in [2.75, 3.05) is 31.2 Å². The molecule has 4 aliphatic heterocycles. The predicted molar refractivity (Wildman–Crippen MR) is 146 cm³/mol. The van der Waals surface area contributed by atoms with Gasteiger partial charge in [0.25, 0.3) is 0 Å². The Balaban J connectivity index is 1.55. The van der Waals surface area contributed by atoms with E-state index in [4.69, 9.17) is 9.47 Å². The molecule has 0 aromatic heterocycles. The highest BCUT2D eigenvalue weighted by atomic mass is 16.5. The third-order valence-electron chi connectivity index (χ3n) is 8.56. The molecule has 2 unspecified atom stereocenters. The largest absolute Gasteiger partial charge is 0.494 e. The van der Waals surface area contributed by atoms with E-state index in [0.29, 0.717) is 31.1 Å². The van der Waals surface area contributed by atoms with E-state index in [-0.39, 0.29) is 30.4 Å². The molecule has 1 aromatic rings. The van der Waals surface area contributed by atoms with E-state index in [1.54, 1.807) is 16.7 Å². The maximum atomic E-state index is 14.2. The zero-order valence-electron chi connectivity index (χ0n) is 23.2. The fourth-order valence-electron chi connectivity index (χ4n) is 6.75. The van der Waals surface area contributed by atoms with Gasteiger partial charge in [0, 0.05) is 24.8 Å². The van der Waals surface area contributed by atoms with Gasteiger partial charge in [-0.15, -0.1) is 0 Å². The highest BCUT2D eigenvalue weighted by molar-refractivity contribution is 6.04. The fraction of sp³-hybridized carbons (Fsp3) is 0.567. The van der Waals surface area contributed by atoms with Crippen LogP contribution in [0, 0.1) is 11.8 Å². The number of aliphatic hydroxyl groups is 1. The summed E-state index contributed by atoms with van der Waals surface area (Å²) >= 11 is 0. The zero-order chi connectivity index (χ0) is 27.9. The molecule has 3 amide bonds. The lowest BCUT2D eigenvalue weighted by atomic mass is 9.77. The number of amides is 3. The topological polar surface area (TPSA) is 99.6 Å². The Labute approximate surface area is 230 Å². The summed E-state index contributed by atoms with van der Waals surface area (Å²) in [6, 6.07) is 5.74. The van der Waals surface area contributed by atoms with Gasteiger partial charge in [-0.1, -0.05) is 37.6 Å². The number of ether oxygens (including phenoxy) is 2. The molecule has 1 N–H and O–H groups in total. The maximum Gasteiger partial charge on any atom is 0.249 e. The number of carbonyl (C=O) groups excluding carboxylic acids is 3. The smallest absolute Gasteiger partial charge is 0.249 e. The van der Waals surface area contributed by atoms with Crippen LogP contribution in [0.4, 0.5) is 5.69 Å². The molecule has 2 saturated heterocycles. The van der Waals surface area contributed by atoms with Crippen LogP contribution in [0.1, 0.15) is 40.5 Å². The first-order valence-electron chi connectivity index (χ1n) is 14.1. The van der Waals surface area contributed by atoms with Gasteiger partial charge >= 0.3 is 0 Å². The highest BCUT2D eigenvalue weighted by Crippen LogP contribution is 2.54. The van der Waals surface area contributed by atoms with Gasteiger partial charge in [-0.2, -0.15) is 0 Å². The quantitative estimate of drug-likeness (QED) is 0.512. The SMILES string of the molecule is CCCC(C)N1CC=C[C@]23O[C@H]4C=CCN(c5ccc(OCC)cc5)C(=O)[C@H]4[C@H]2C(=O)N([C@H](C)CO)C3C1=O. The summed E-state index contributed by atoms with van der Waals surface area (Å²) in [7, 11) is 0. The first-order chi connectivity index (χ1) is 18.8. The number of aliphatic hydroxyl groups excluding tert-OH is 1. The number of anilines is 1. The Morgan fingerprint density at radius 1 is 1.03 bits per heavy atom. The summed E-state index contributed by atoms with van der Waals surface area (Å²) < 4.78 is 12.2. The lowest BCUT2D eigenvalue weighted by molar-refractivity contribution is -0.151. The van der Waals surface area contributed by atoms with Crippen LogP contribution in [0.3, 0.4) is 0 Å². The van der Waals surface area contributed by atoms with Gasteiger partial charge in [-0.3, -0.25) is 14.4 Å². The van der Waals surface area contributed by atoms with Crippen LogP contribution in [-0.2, 0) is 19.1 Å². The lowest BCUT2D eigenvalue weighted by Crippen LogP contribution is -2.58. The van der Waals surface area contributed by atoms with E-state index in [0.717, 1.165) is 12.8 Å². The Kier molecular flexibility index (Phi) is 7.57. The number of hydrogen-bond donors (Lipinski definition) is 1. The molecule has 7 atom stereocenters. The molecule has 0 saturated carbocycles. The number of carbonyl (C=O) groups is 3. The molecule has 9 heteroatoms. The second-order valence-corrected chi connectivity index (χ2v) is 11.0. The molecular weight excluding hydrogens is 498 g/mol. The van der Waals surface area contributed by atoms with Crippen molar-refractivity contribution in [1.29, 1.82) is 0 Å². The van der Waals surface area contributed by atoms with Crippen LogP contribution in [0.2, 0.25) is 0 Å². The van der Waals surface area contributed by atoms with Crippen molar-refractivity contribution in [3.05, 3.63) is 48.6 Å². The van der Waals surface area contributed by atoms with Crippen LogP contribution in [0.5, 0.6) is 5.75 Å². The van der Waals surface area contributed by atoms with Gasteiger partial charge in [0.2, 0.25) is 17.7 Å². The van der Waals surface area contributed by atoms with Crippen molar-refractivity contribution in [2.45, 2.75) is 70.4 Å². The van der Waals surface area contributed by atoms with Crippen molar-refractivity contribution in [2.24, 2.45) is 11.8 Å². The Hall–Kier alpha value is -3.17. The predicted octanol–water partition coefficient (Wildman–Crippen LogP) is 2.54. The molecule has 5 rings (SSSR count). The molecular formula is C30H39N3O6. The Morgan fingerprint density at radius 2 is 1.77 bits per heavy atom. The normalized spacial score (nSPS) is 31.5. The average molecular weight is 538 g/mol. The van der Waals surface area contributed by atoms with Crippen LogP contribution < -0.4 is 9.64 Å². The Bertz CT molecular complexity index is 1170. The summed E-state index contributed by atoms with van der Waals surface area (Å²) in [6.45, 7) is 8.73. The molecule has 0 aliphatic carbocycles. The summed E-state index contributed by atoms with van der Waals surface area (Å²) in [6.07, 6.45) is 8.60. The third kappa shape index (κ3) is 4.36. The van der Waals surface area contributed by atoms with Crippen LogP contribution >= 0.6 is 0 Å². The molecule has 1 spiro atoms. The number of nitrogens with zero attached hydrogens (tertiary/aromatic N) is 3. The molecule has 2 fully saturated rings. The minimum atomic E-state index is -1.30. The first-order valence-corrected chi connectivity index (χ1v) is 14.1. The lowest BCUT2D eigenvalue weighted by Gasteiger charge is -2.39. The molecule has 0 radical (unpaired) electrons. The standard InChI is InChI=1S/C30H39N3O6/c1-5-9-19(3)31-17-8-15-30-25(28(36)33(20(4)18-34)26(30)29(31)37)24-23(39-30)10-7-16-32(27(24)35)21-11-13-22(14-12-21)38-6-2/h7-8,10-15,19-20,23-26,34H,5-6,9,16-18H2,1-4H3/t19?,20-,23+,24-,25+,26?,30+/m1/s1. The van der Waals surface area contributed by atoms with Gasteiger partial charge < -0.3 is 29.3 Å². The summed E-state index contributed by atoms with van der Waals surface area (Å²) in [5, 5.41) is 10.1. The van der Waals surface area contributed by atoms with Crippen molar-refractivity contribution in [1.82, 2.24) is 9.80 Å². The van der Waals surface area contributed by atoms with E-state index in [1.807, 2.05) is 62.4 Å². The van der Waals surface area contributed by atoms with Crippen molar-refractivity contribution in [3.63, 3.8) is 0 Å². The summed E-state index contributed by atoms with van der Waals surface area (Å²) in [4.78, 5) is 47.5. The highest BCUT2D eigenvalue weighted by Gasteiger charge is 2.72. The van der Waals surface area contributed by atoms with Crippen LogP contribution in [0.15, 0.2) is 48.6 Å². The minimum absolute atomic E-state index is 0.0219. The number of rotatable bonds is 8. The third-order valence-corrected chi connectivity index (χ3v) is 8.56. The minimum Gasteiger partial charge on any atom is -0.494 e. The second-order valence-electron chi connectivity index (χ2n) is 11.0. The van der Waals surface area contributed by atoms with Gasteiger partial charge in [0.05, 0.1) is 37.2 Å². The van der Waals surface area contributed by atoms with Gasteiger partial charge in [0.15, 0.2) is 0 Å². The first kappa shape index (κ1) is 27.4. The van der Waals surface area contributed by atoms with Crippen molar-refractivity contribution in [3.8, 4) is 5.75 Å². The number of fused-ring (bicyclic) bond motifs is 2. The molecule has 39 heavy (non-hydrogen) atoms. The number of benzene rings is 1. The molecule has 1 aromatic carbocycles. The van der Waals surface area contributed by atoms with Crippen molar-refractivity contribution >= 4 is 23.4 Å². The molecule has 4 aliphatic rings. The zero-order valence-corrected chi connectivity index (χ0v) is 23.2. The van der Waals surface area contributed by atoms with Gasteiger partial charge in [0.1, 0.15) is 17.4 Å². The number of likely N-dealkylation sites (tertiary alicyclic amines) is 1. The second kappa shape index (κ2) is 10.8. The molecule has 4 heterocycles. The summed E-state index contributed by atoms with van der Waals surface area (Å²) in [5.41, 5.74) is -0.598. The van der Waals surface area contributed by atoms with E-state index < -0.39 is 35.6 Å². The summed E-state index contributed by atoms with van der Waals surface area (Å²) in [5.74, 6) is -1.73. The van der Waals surface area contributed by atoms with Crippen molar-refractivity contribution < 1.29 is 29.0 Å². The molecule has 0 bridgehead atoms. The van der Waals surface area contributed by atoms with E-state index in [1.165, 1.54) is 4.90 Å². The maximum absolute atomic E-state index is 14.2. The fourth-order valence-corrected chi connectivity index (χ4v) is 6.75. The van der Waals surface area contributed by atoms with E-state index in [9.17, 15) is 19.5 Å². The van der Waals surface area contributed by atoms with E-state index in [2.05, 4.69) is 6.92 Å². The average Bonchev–Trinajstić information content (AvgIpc) is 3.25. The molecule has 9 nitrogen and oxygen atoms in total. The van der Waals surface area contributed by atoms with Gasteiger partial charge in [-0.25, -0.2) is 0 Å². The molecule has 210 valence electrons. The van der Waals surface area contributed by atoms with Crippen LogP contribution in [-0.4, -0.2) is 88.8 Å². The van der Waals surface area contributed by atoms with Crippen LogP contribution in [0.25, 0.3) is 0 Å².